The van der Waals surface area contributed by atoms with Gasteiger partial charge in [0.1, 0.15) is 12.3 Å². The molecule has 1 aliphatic heterocycles. The number of hydrogen-bond acceptors (Lipinski definition) is 6. The molecule has 1 heterocycles. The predicted octanol–water partition coefficient (Wildman–Crippen LogP) is 4.32. The second-order valence-corrected chi connectivity index (χ2v) is 9.09. The molecule has 32 heavy (non-hydrogen) atoms. The molecule has 1 fully saturated rings. The molecule has 8 heteroatoms. The highest BCUT2D eigenvalue weighted by Gasteiger charge is 2.37. The maximum absolute atomic E-state index is 13.0. The predicted molar refractivity (Wildman–Crippen MR) is 124 cm³/mol. The van der Waals surface area contributed by atoms with Crippen molar-refractivity contribution >= 4 is 35.4 Å². The van der Waals surface area contributed by atoms with Gasteiger partial charge in [-0.25, -0.2) is 9.59 Å². The van der Waals surface area contributed by atoms with Gasteiger partial charge in [0.15, 0.2) is 5.60 Å². The van der Waals surface area contributed by atoms with Crippen LogP contribution in [0.25, 0.3) is 0 Å². The zero-order chi connectivity index (χ0) is 23.6. The average molecular weight is 457 g/mol. The molecule has 170 valence electrons. The van der Waals surface area contributed by atoms with Crippen molar-refractivity contribution in [2.75, 3.05) is 24.8 Å². The number of methoxy groups -OCH3 is 1. The first-order valence-corrected chi connectivity index (χ1v) is 11.4. The minimum atomic E-state index is -1.14. The number of benzene rings is 2. The lowest BCUT2D eigenvalue weighted by molar-refractivity contribution is -0.156. The van der Waals surface area contributed by atoms with Crippen LogP contribution in [0.1, 0.15) is 30.5 Å². The molecule has 0 radical (unpaired) electrons. The molecule has 0 unspecified atom stereocenters. The normalized spacial score (nSPS) is 14.2. The summed E-state index contributed by atoms with van der Waals surface area (Å²) in [6.07, 6.45) is 1.98. The minimum absolute atomic E-state index is 0.0178. The minimum Gasteiger partial charge on any atom is -0.476 e. The van der Waals surface area contributed by atoms with E-state index in [2.05, 4.69) is 0 Å². The highest BCUT2D eigenvalue weighted by molar-refractivity contribution is 7.98. The highest BCUT2D eigenvalue weighted by atomic mass is 32.2. The molecule has 2 aromatic carbocycles. The molecular formula is C24H28N2O5S. The van der Waals surface area contributed by atoms with Gasteiger partial charge in [-0.2, -0.15) is 0 Å². The van der Waals surface area contributed by atoms with E-state index in [1.165, 1.54) is 16.9 Å². The van der Waals surface area contributed by atoms with Crippen molar-refractivity contribution in [3.63, 3.8) is 0 Å². The van der Waals surface area contributed by atoms with E-state index >= 15 is 0 Å². The van der Waals surface area contributed by atoms with Gasteiger partial charge in [0.05, 0.1) is 13.7 Å². The number of imide groups is 1. The molecule has 7 nitrogen and oxygen atoms in total. The first-order chi connectivity index (χ1) is 15.1. The Balaban J connectivity index is 1.79. The summed E-state index contributed by atoms with van der Waals surface area (Å²) in [6, 6.07) is 11.0. The number of carbonyl (C=O) groups excluding carboxylic acids is 3. The summed E-state index contributed by atoms with van der Waals surface area (Å²) in [6.45, 7) is 7.21. The second-order valence-electron chi connectivity index (χ2n) is 8.21. The largest absolute Gasteiger partial charge is 0.476 e. The monoisotopic (exact) mass is 456 g/mol. The van der Waals surface area contributed by atoms with Crippen molar-refractivity contribution < 1.29 is 23.9 Å². The Bertz CT molecular complexity index is 1030. The second kappa shape index (κ2) is 9.24. The number of esters is 1. The topological polar surface area (TPSA) is 76.2 Å². The quantitative estimate of drug-likeness (QED) is 0.351. The number of aryl methyl sites for hydroxylation is 2. The van der Waals surface area contributed by atoms with Crippen molar-refractivity contribution in [3.8, 4) is 5.75 Å². The molecule has 2 aromatic rings. The van der Waals surface area contributed by atoms with E-state index in [1.807, 2.05) is 56.5 Å². The number of anilines is 1. The van der Waals surface area contributed by atoms with Crippen molar-refractivity contribution in [3.05, 3.63) is 53.1 Å². The summed E-state index contributed by atoms with van der Waals surface area (Å²) in [4.78, 5) is 41.4. The van der Waals surface area contributed by atoms with Crippen LogP contribution < -0.4 is 9.64 Å². The van der Waals surface area contributed by atoms with E-state index in [1.54, 1.807) is 25.6 Å². The van der Waals surface area contributed by atoms with Crippen LogP contribution in [0.3, 0.4) is 0 Å². The summed E-state index contributed by atoms with van der Waals surface area (Å²) in [7, 11) is 1.32. The first-order valence-electron chi connectivity index (χ1n) is 10.2. The molecule has 1 saturated heterocycles. The van der Waals surface area contributed by atoms with Crippen LogP contribution in [0.15, 0.2) is 41.3 Å². The van der Waals surface area contributed by atoms with Gasteiger partial charge < -0.3 is 9.47 Å². The molecule has 0 N–H and O–H groups in total. The Labute approximate surface area is 192 Å². The van der Waals surface area contributed by atoms with Crippen LogP contribution in [0.2, 0.25) is 0 Å². The van der Waals surface area contributed by atoms with Crippen molar-refractivity contribution in [2.45, 2.75) is 44.7 Å². The third kappa shape index (κ3) is 4.75. The summed E-state index contributed by atoms with van der Waals surface area (Å²) < 4.78 is 10.8. The molecule has 0 aromatic heterocycles. The lowest BCUT2D eigenvalue weighted by atomic mass is 10.0. The van der Waals surface area contributed by atoms with Gasteiger partial charge in [-0.05, 0) is 74.9 Å². The van der Waals surface area contributed by atoms with E-state index in [0.717, 1.165) is 21.6 Å². The molecule has 1 aliphatic rings. The van der Waals surface area contributed by atoms with E-state index in [-0.39, 0.29) is 25.0 Å². The number of ether oxygens (including phenoxy) is 2. The fraction of sp³-hybridized carbons (Fsp3) is 0.375. The van der Waals surface area contributed by atoms with Crippen LogP contribution >= 0.6 is 11.8 Å². The molecule has 0 bridgehead atoms. The highest BCUT2D eigenvalue weighted by Crippen LogP contribution is 2.31. The van der Waals surface area contributed by atoms with Crippen molar-refractivity contribution in [2.24, 2.45) is 0 Å². The molecule has 3 rings (SSSR count). The Kier molecular flexibility index (Phi) is 6.83. The maximum atomic E-state index is 13.0. The van der Waals surface area contributed by atoms with Gasteiger partial charge in [-0.15, -0.1) is 11.8 Å². The fourth-order valence-electron chi connectivity index (χ4n) is 3.68. The Morgan fingerprint density at radius 1 is 1.09 bits per heavy atom. The van der Waals surface area contributed by atoms with E-state index < -0.39 is 11.6 Å². The third-order valence-corrected chi connectivity index (χ3v) is 6.08. The summed E-state index contributed by atoms with van der Waals surface area (Å²) >= 11 is 1.62. The average Bonchev–Trinajstić information content (AvgIpc) is 3.04. The van der Waals surface area contributed by atoms with Gasteiger partial charge in [0, 0.05) is 10.6 Å². The molecule has 3 amide bonds. The Morgan fingerprint density at radius 3 is 2.22 bits per heavy atom. The number of carbonyl (C=O) groups is 3. The van der Waals surface area contributed by atoms with Gasteiger partial charge in [-0.1, -0.05) is 12.1 Å². The van der Waals surface area contributed by atoms with Crippen molar-refractivity contribution in [1.82, 2.24) is 4.90 Å². The van der Waals surface area contributed by atoms with Crippen LogP contribution in [-0.2, 0) is 20.9 Å². The van der Waals surface area contributed by atoms with Crippen LogP contribution in [0.5, 0.6) is 5.75 Å². The lowest BCUT2D eigenvalue weighted by Gasteiger charge is -2.26. The summed E-state index contributed by atoms with van der Waals surface area (Å²) in [5, 5.41) is 0. The van der Waals surface area contributed by atoms with E-state index in [0.29, 0.717) is 11.4 Å². The first kappa shape index (κ1) is 23.7. The number of hydrogen-bond donors (Lipinski definition) is 0. The molecule has 0 saturated carbocycles. The van der Waals surface area contributed by atoms with Gasteiger partial charge >= 0.3 is 12.0 Å². The SMILES string of the molecule is COC(=O)C(C)(C)Oc1c(C)cc(CN2C(=O)CN(c3ccc(SC)cc3)C2=O)cc1C. The summed E-state index contributed by atoms with van der Waals surface area (Å²) in [5.74, 6) is -0.135. The standard InChI is InChI=1S/C24H28N2O5S/c1-15-11-17(12-16(2)21(15)31-24(3,4)22(28)30-5)13-26-20(27)14-25(23(26)29)18-7-9-19(32-6)10-8-18/h7-12H,13-14H2,1-6H3. The van der Waals surface area contributed by atoms with E-state index in [9.17, 15) is 14.4 Å². The van der Waals surface area contributed by atoms with Gasteiger partial charge in [0.25, 0.3) is 5.91 Å². The van der Waals surface area contributed by atoms with Crippen LogP contribution in [0, 0.1) is 13.8 Å². The number of rotatable bonds is 7. The summed E-state index contributed by atoms with van der Waals surface area (Å²) in [5.41, 5.74) is 1.98. The number of urea groups is 1. The lowest BCUT2D eigenvalue weighted by Crippen LogP contribution is -2.39. The number of amides is 3. The van der Waals surface area contributed by atoms with Gasteiger partial charge in [-0.3, -0.25) is 14.6 Å². The molecule has 0 aliphatic carbocycles. The molecular weight excluding hydrogens is 428 g/mol. The fourth-order valence-corrected chi connectivity index (χ4v) is 4.09. The van der Waals surface area contributed by atoms with Gasteiger partial charge in [0.2, 0.25) is 0 Å². The maximum Gasteiger partial charge on any atom is 0.349 e. The molecule has 0 atom stereocenters. The third-order valence-electron chi connectivity index (χ3n) is 5.34. The Hall–Kier alpha value is -3.00. The smallest absolute Gasteiger partial charge is 0.349 e. The van der Waals surface area contributed by atoms with E-state index in [4.69, 9.17) is 9.47 Å². The van der Waals surface area contributed by atoms with Crippen LogP contribution in [-0.4, -0.2) is 48.3 Å². The number of nitrogens with zero attached hydrogens (tertiary/aromatic N) is 2. The van der Waals surface area contributed by atoms with Crippen LogP contribution in [0.4, 0.5) is 10.5 Å². The number of thioether (sulfide) groups is 1. The zero-order valence-corrected chi connectivity index (χ0v) is 20.0. The van der Waals surface area contributed by atoms with Crippen molar-refractivity contribution in [1.29, 1.82) is 0 Å². The zero-order valence-electron chi connectivity index (χ0n) is 19.2. The Morgan fingerprint density at radius 2 is 1.69 bits per heavy atom. The molecule has 0 spiro atoms.